The lowest BCUT2D eigenvalue weighted by Crippen LogP contribution is -2.57. The van der Waals surface area contributed by atoms with Crippen molar-refractivity contribution < 1.29 is 19.1 Å². The maximum absolute atomic E-state index is 13.9. The number of benzene rings is 3. The molecular formula is C41H50N2O4. The van der Waals surface area contributed by atoms with Crippen LogP contribution in [0.2, 0.25) is 0 Å². The Kier molecular flexibility index (Phi) is 11.0. The summed E-state index contributed by atoms with van der Waals surface area (Å²) in [6.45, 7) is 11.6. The van der Waals surface area contributed by atoms with Gasteiger partial charge in [-0.3, -0.25) is 0 Å². The summed E-state index contributed by atoms with van der Waals surface area (Å²) in [5.74, 6) is -1.26. The van der Waals surface area contributed by atoms with E-state index in [1.165, 1.54) is 0 Å². The highest BCUT2D eigenvalue weighted by Gasteiger charge is 2.57. The van der Waals surface area contributed by atoms with Crippen LogP contribution in [-0.4, -0.2) is 30.7 Å². The van der Waals surface area contributed by atoms with Crippen LogP contribution in [0.3, 0.4) is 0 Å². The molecule has 7 atom stereocenters. The van der Waals surface area contributed by atoms with Gasteiger partial charge in [0.15, 0.2) is 0 Å². The zero-order valence-electron chi connectivity index (χ0n) is 28.4. The van der Waals surface area contributed by atoms with Gasteiger partial charge in [0.2, 0.25) is 0 Å². The number of ether oxygens (including phenoxy) is 2. The molecule has 3 N–H and O–H groups in total. The maximum Gasteiger partial charge on any atom is 0.338 e. The van der Waals surface area contributed by atoms with Gasteiger partial charge in [0.25, 0.3) is 0 Å². The minimum Gasteiger partial charge on any atom is -0.454 e. The van der Waals surface area contributed by atoms with E-state index in [0.717, 1.165) is 54.6 Å². The van der Waals surface area contributed by atoms with Crippen LogP contribution in [0, 0.1) is 24.2 Å². The Morgan fingerprint density at radius 2 is 1.51 bits per heavy atom. The molecule has 3 aromatic carbocycles. The fraction of sp³-hybridized carbons (Fsp3) is 0.415. The quantitative estimate of drug-likeness (QED) is 0.153. The zero-order chi connectivity index (χ0) is 33.6. The van der Waals surface area contributed by atoms with Crippen molar-refractivity contribution in [1.29, 1.82) is 0 Å². The van der Waals surface area contributed by atoms with Crippen molar-refractivity contribution in [2.45, 2.75) is 84.5 Å². The topological polar surface area (TPSA) is 90.6 Å². The van der Waals surface area contributed by atoms with E-state index in [2.05, 4.69) is 76.4 Å². The number of carbonyl (C=O) groups excluding carboxylic acids is 2. The number of aryl methyl sites for hydroxylation is 1. The number of nitrogens with two attached hydrogens (primary N) is 1. The molecule has 0 radical (unpaired) electrons. The highest BCUT2D eigenvalue weighted by Crippen LogP contribution is 2.56. The molecule has 2 aliphatic rings. The molecule has 3 aromatic rings. The SMILES string of the molecule is CCCCNc1ccc(C(=O)OC2C(OC(=O)c3ccc(C(N)CCC)cc3)C(c3ccccc3C)C3C=CC=CC3(C)C2C)cc1. The molecule has 1 fully saturated rings. The van der Waals surface area contributed by atoms with Gasteiger partial charge in [-0.25, -0.2) is 9.59 Å². The summed E-state index contributed by atoms with van der Waals surface area (Å²) in [7, 11) is 0. The summed E-state index contributed by atoms with van der Waals surface area (Å²) in [6.07, 6.45) is 11.2. The first kappa shape index (κ1) is 34.2. The Hall–Kier alpha value is -4.16. The molecule has 47 heavy (non-hydrogen) atoms. The van der Waals surface area contributed by atoms with E-state index in [4.69, 9.17) is 15.2 Å². The fourth-order valence-electron chi connectivity index (χ4n) is 7.28. The van der Waals surface area contributed by atoms with Crippen molar-refractivity contribution in [2.75, 3.05) is 11.9 Å². The third kappa shape index (κ3) is 7.38. The number of anilines is 1. The number of rotatable bonds is 12. The molecule has 248 valence electrons. The van der Waals surface area contributed by atoms with E-state index in [-0.39, 0.29) is 29.2 Å². The van der Waals surface area contributed by atoms with Crippen LogP contribution in [0.4, 0.5) is 5.69 Å². The van der Waals surface area contributed by atoms with E-state index < -0.39 is 24.1 Å². The van der Waals surface area contributed by atoms with Crippen molar-refractivity contribution in [3.8, 4) is 0 Å². The van der Waals surface area contributed by atoms with Gasteiger partial charge in [0, 0.05) is 30.1 Å². The molecule has 0 bridgehead atoms. The number of allylic oxidation sites excluding steroid dienone is 4. The highest BCUT2D eigenvalue weighted by molar-refractivity contribution is 5.91. The molecule has 5 rings (SSSR count). The van der Waals surface area contributed by atoms with Gasteiger partial charge in [-0.1, -0.05) is 101 Å². The lowest BCUT2D eigenvalue weighted by atomic mass is 9.53. The number of hydrogen-bond acceptors (Lipinski definition) is 6. The summed E-state index contributed by atoms with van der Waals surface area (Å²) in [6, 6.07) is 22.9. The predicted molar refractivity (Wildman–Crippen MR) is 189 cm³/mol. The molecule has 0 saturated heterocycles. The smallest absolute Gasteiger partial charge is 0.338 e. The molecule has 0 spiro atoms. The molecule has 2 aliphatic carbocycles. The Morgan fingerprint density at radius 1 is 0.872 bits per heavy atom. The average Bonchev–Trinajstić information content (AvgIpc) is 3.08. The minimum absolute atomic E-state index is 0.0132. The number of carbonyl (C=O) groups is 2. The van der Waals surface area contributed by atoms with Crippen molar-refractivity contribution in [3.05, 3.63) is 125 Å². The lowest BCUT2D eigenvalue weighted by molar-refractivity contribution is -0.121. The molecule has 1 saturated carbocycles. The number of hydrogen-bond donors (Lipinski definition) is 2. The standard InChI is InChI=1S/C41H50N2O4/c1-6-8-26-43-32-23-21-31(22-24-32)39(44)46-37-28(4)41(5)25-12-11-16-34(41)36(33-15-10-9-14-27(33)3)38(37)47-40(45)30-19-17-29(18-20-30)35(42)13-7-2/h9-12,14-25,28,34-38,43H,6-8,13,26,42H2,1-5H3. The van der Waals surface area contributed by atoms with Crippen LogP contribution in [0.25, 0.3) is 0 Å². The number of nitrogens with one attached hydrogen (secondary N) is 1. The number of esters is 2. The van der Waals surface area contributed by atoms with Crippen molar-refractivity contribution in [1.82, 2.24) is 0 Å². The van der Waals surface area contributed by atoms with Crippen LogP contribution in [0.1, 0.15) is 103 Å². The summed E-state index contributed by atoms with van der Waals surface area (Å²) >= 11 is 0. The average molecular weight is 635 g/mol. The number of unbranched alkanes of at least 4 members (excludes halogenated alkanes) is 1. The Labute approximate surface area is 280 Å². The number of fused-ring (bicyclic) bond motifs is 1. The van der Waals surface area contributed by atoms with Crippen LogP contribution in [0.5, 0.6) is 0 Å². The summed E-state index contributed by atoms with van der Waals surface area (Å²) in [5, 5.41) is 3.39. The van der Waals surface area contributed by atoms with E-state index in [1.807, 2.05) is 36.4 Å². The van der Waals surface area contributed by atoms with Crippen LogP contribution in [0.15, 0.2) is 97.1 Å². The lowest BCUT2D eigenvalue weighted by Gasteiger charge is -2.54. The van der Waals surface area contributed by atoms with E-state index >= 15 is 0 Å². The minimum atomic E-state index is -0.728. The summed E-state index contributed by atoms with van der Waals surface area (Å²) in [4.78, 5) is 27.8. The van der Waals surface area contributed by atoms with Crippen molar-refractivity contribution >= 4 is 17.6 Å². The second kappa shape index (κ2) is 15.2. The van der Waals surface area contributed by atoms with Gasteiger partial charge in [-0.2, -0.15) is 0 Å². The monoisotopic (exact) mass is 634 g/mol. The first-order valence-corrected chi connectivity index (χ1v) is 17.2. The molecule has 0 aliphatic heterocycles. The third-order valence-corrected chi connectivity index (χ3v) is 10.3. The largest absolute Gasteiger partial charge is 0.454 e. The van der Waals surface area contributed by atoms with Gasteiger partial charge < -0.3 is 20.5 Å². The Bertz CT molecular complexity index is 1580. The second-order valence-electron chi connectivity index (χ2n) is 13.4. The zero-order valence-corrected chi connectivity index (χ0v) is 28.4. The molecule has 0 amide bonds. The van der Waals surface area contributed by atoms with Gasteiger partial charge in [-0.05, 0) is 84.2 Å². The van der Waals surface area contributed by atoms with Crippen LogP contribution < -0.4 is 11.1 Å². The molecule has 6 heteroatoms. The van der Waals surface area contributed by atoms with Crippen LogP contribution in [-0.2, 0) is 9.47 Å². The van der Waals surface area contributed by atoms with Gasteiger partial charge >= 0.3 is 11.9 Å². The maximum atomic E-state index is 13.9. The fourth-order valence-corrected chi connectivity index (χ4v) is 7.28. The van der Waals surface area contributed by atoms with Crippen molar-refractivity contribution in [3.63, 3.8) is 0 Å². The molecular weight excluding hydrogens is 584 g/mol. The normalized spacial score (nSPS) is 25.4. The highest BCUT2D eigenvalue weighted by atomic mass is 16.6. The van der Waals surface area contributed by atoms with Gasteiger partial charge in [0.1, 0.15) is 12.2 Å². The molecule has 0 aromatic heterocycles. The van der Waals surface area contributed by atoms with E-state index in [0.29, 0.717) is 11.1 Å². The van der Waals surface area contributed by atoms with Gasteiger partial charge in [0.05, 0.1) is 11.1 Å². The summed E-state index contributed by atoms with van der Waals surface area (Å²) in [5.41, 5.74) is 11.0. The first-order valence-electron chi connectivity index (χ1n) is 17.2. The van der Waals surface area contributed by atoms with Gasteiger partial charge in [-0.15, -0.1) is 0 Å². The van der Waals surface area contributed by atoms with E-state index in [1.54, 1.807) is 24.3 Å². The Morgan fingerprint density at radius 3 is 2.15 bits per heavy atom. The molecule has 0 heterocycles. The Balaban J connectivity index is 1.51. The summed E-state index contributed by atoms with van der Waals surface area (Å²) < 4.78 is 13.0. The molecule has 6 nitrogen and oxygen atoms in total. The van der Waals surface area contributed by atoms with Crippen LogP contribution >= 0.6 is 0 Å². The predicted octanol–water partition coefficient (Wildman–Crippen LogP) is 8.94. The first-order chi connectivity index (χ1) is 22.7. The molecule has 7 unspecified atom stereocenters. The van der Waals surface area contributed by atoms with E-state index in [9.17, 15) is 9.59 Å². The van der Waals surface area contributed by atoms with Crippen molar-refractivity contribution in [2.24, 2.45) is 23.0 Å². The third-order valence-electron chi connectivity index (χ3n) is 10.3. The second-order valence-corrected chi connectivity index (χ2v) is 13.4.